The summed E-state index contributed by atoms with van der Waals surface area (Å²) in [4.78, 5) is 0. The minimum atomic E-state index is -2.82. The number of sulfone groups is 1. The zero-order chi connectivity index (χ0) is 12.0. The molecule has 0 saturated heterocycles. The predicted octanol–water partition coefficient (Wildman–Crippen LogP) is 1.76. The third-order valence-electron chi connectivity index (χ3n) is 2.90. The fourth-order valence-corrected chi connectivity index (χ4v) is 3.30. The molecule has 1 aliphatic rings. The molecule has 1 unspecified atom stereocenters. The molecule has 0 aromatic rings. The molecule has 1 rings (SSSR count). The molecular weight excluding hydrogens is 222 g/mol. The first kappa shape index (κ1) is 13.7. The Morgan fingerprint density at radius 3 is 2.75 bits per heavy atom. The lowest BCUT2D eigenvalue weighted by Crippen LogP contribution is -2.31. The molecule has 1 saturated carbocycles. The molecule has 0 heterocycles. The highest BCUT2D eigenvalue weighted by atomic mass is 32.2. The van der Waals surface area contributed by atoms with E-state index >= 15 is 0 Å². The van der Waals surface area contributed by atoms with Gasteiger partial charge < -0.3 is 5.32 Å². The molecule has 0 aromatic heterocycles. The van der Waals surface area contributed by atoms with Crippen molar-refractivity contribution in [1.82, 2.24) is 5.32 Å². The van der Waals surface area contributed by atoms with Gasteiger partial charge in [-0.15, -0.1) is 6.58 Å². The van der Waals surface area contributed by atoms with Gasteiger partial charge in [-0.05, 0) is 38.5 Å². The average Bonchev–Trinajstić information content (AvgIpc) is 2.97. The van der Waals surface area contributed by atoms with Gasteiger partial charge >= 0.3 is 0 Å². The van der Waals surface area contributed by atoms with Gasteiger partial charge in [0.25, 0.3) is 0 Å². The van der Waals surface area contributed by atoms with Crippen molar-refractivity contribution in [2.75, 3.05) is 18.1 Å². The monoisotopic (exact) mass is 245 g/mol. The van der Waals surface area contributed by atoms with Crippen LogP contribution in [0.3, 0.4) is 0 Å². The third-order valence-corrected chi connectivity index (χ3v) is 4.70. The van der Waals surface area contributed by atoms with Gasteiger partial charge in [0.15, 0.2) is 9.84 Å². The van der Waals surface area contributed by atoms with E-state index in [2.05, 4.69) is 18.8 Å². The summed E-state index contributed by atoms with van der Waals surface area (Å²) < 4.78 is 23.2. The van der Waals surface area contributed by atoms with Crippen LogP contribution in [0.25, 0.3) is 0 Å². The van der Waals surface area contributed by atoms with Crippen LogP contribution in [0, 0.1) is 5.92 Å². The molecule has 0 spiro atoms. The van der Waals surface area contributed by atoms with Crippen LogP contribution in [0.5, 0.6) is 0 Å². The van der Waals surface area contributed by atoms with E-state index in [1.807, 2.05) is 6.08 Å². The molecular formula is C12H23NO2S. The van der Waals surface area contributed by atoms with Gasteiger partial charge in [0.2, 0.25) is 0 Å². The second-order valence-corrected chi connectivity index (χ2v) is 7.01. The molecule has 16 heavy (non-hydrogen) atoms. The second kappa shape index (κ2) is 6.40. The summed E-state index contributed by atoms with van der Waals surface area (Å²) in [6.45, 7) is 6.33. The van der Waals surface area contributed by atoms with E-state index in [0.717, 1.165) is 25.7 Å². The molecule has 1 atom stereocenters. The van der Waals surface area contributed by atoms with Gasteiger partial charge in [0, 0.05) is 12.6 Å². The zero-order valence-electron chi connectivity index (χ0n) is 10.1. The lowest BCUT2D eigenvalue weighted by molar-refractivity contribution is 0.529. The molecule has 1 fully saturated rings. The summed E-state index contributed by atoms with van der Waals surface area (Å²) in [7, 11) is -2.82. The highest BCUT2D eigenvalue weighted by molar-refractivity contribution is 7.91. The second-order valence-electron chi connectivity index (χ2n) is 4.78. The van der Waals surface area contributed by atoms with Crippen LogP contribution in [-0.2, 0) is 9.84 Å². The first-order valence-corrected chi connectivity index (χ1v) is 7.90. The molecule has 3 nitrogen and oxygen atoms in total. The van der Waals surface area contributed by atoms with Crippen molar-refractivity contribution in [3.05, 3.63) is 12.7 Å². The number of hydrogen-bond donors (Lipinski definition) is 1. The Morgan fingerprint density at radius 2 is 2.19 bits per heavy atom. The fraction of sp³-hybridized carbons (Fsp3) is 0.833. The van der Waals surface area contributed by atoms with E-state index in [0.29, 0.717) is 24.3 Å². The van der Waals surface area contributed by atoms with Crippen molar-refractivity contribution >= 4 is 9.84 Å². The van der Waals surface area contributed by atoms with Crippen molar-refractivity contribution in [1.29, 1.82) is 0 Å². The van der Waals surface area contributed by atoms with E-state index in [9.17, 15) is 8.42 Å². The number of allylic oxidation sites excluding steroid dienone is 1. The SMILES string of the molecule is C=CCCC(C)NCCS(=O)(=O)CC1CC1. The van der Waals surface area contributed by atoms with Gasteiger partial charge in [-0.3, -0.25) is 0 Å². The molecule has 0 aliphatic heterocycles. The summed E-state index contributed by atoms with van der Waals surface area (Å²) in [6.07, 6.45) is 6.09. The first-order chi connectivity index (χ1) is 7.53. The quantitative estimate of drug-likeness (QED) is 0.630. The summed E-state index contributed by atoms with van der Waals surface area (Å²) in [5, 5.41) is 3.24. The summed E-state index contributed by atoms with van der Waals surface area (Å²) in [6, 6.07) is 0.370. The van der Waals surface area contributed by atoms with E-state index in [-0.39, 0.29) is 5.75 Å². The maximum Gasteiger partial charge on any atom is 0.151 e. The third kappa shape index (κ3) is 6.28. The van der Waals surface area contributed by atoms with E-state index in [4.69, 9.17) is 0 Å². The highest BCUT2D eigenvalue weighted by Gasteiger charge is 2.27. The molecule has 4 heteroatoms. The summed E-state index contributed by atoms with van der Waals surface area (Å²) in [5.74, 6) is 1.14. The van der Waals surface area contributed by atoms with Gasteiger partial charge in [0.1, 0.15) is 0 Å². The minimum absolute atomic E-state index is 0.280. The minimum Gasteiger partial charge on any atom is -0.313 e. The van der Waals surface area contributed by atoms with E-state index in [1.54, 1.807) is 0 Å². The topological polar surface area (TPSA) is 46.2 Å². The van der Waals surface area contributed by atoms with Crippen molar-refractivity contribution in [3.63, 3.8) is 0 Å². The first-order valence-electron chi connectivity index (χ1n) is 6.08. The van der Waals surface area contributed by atoms with E-state index in [1.165, 1.54) is 0 Å². The molecule has 1 N–H and O–H groups in total. The Morgan fingerprint density at radius 1 is 1.50 bits per heavy atom. The van der Waals surface area contributed by atoms with E-state index < -0.39 is 9.84 Å². The lowest BCUT2D eigenvalue weighted by atomic mass is 10.2. The van der Waals surface area contributed by atoms with Crippen LogP contribution in [-0.4, -0.2) is 32.5 Å². The number of nitrogens with one attached hydrogen (secondary N) is 1. The average molecular weight is 245 g/mol. The highest BCUT2D eigenvalue weighted by Crippen LogP contribution is 2.30. The zero-order valence-corrected chi connectivity index (χ0v) is 10.9. The predicted molar refractivity (Wildman–Crippen MR) is 68.3 cm³/mol. The Bertz CT molecular complexity index is 307. The number of rotatable bonds is 9. The molecule has 0 amide bonds. The van der Waals surface area contributed by atoms with Crippen molar-refractivity contribution in [3.8, 4) is 0 Å². The van der Waals surface area contributed by atoms with Gasteiger partial charge in [-0.2, -0.15) is 0 Å². The maximum atomic E-state index is 11.6. The normalized spacial score (nSPS) is 18.3. The van der Waals surface area contributed by atoms with Crippen LogP contribution in [0.15, 0.2) is 12.7 Å². The van der Waals surface area contributed by atoms with Crippen LogP contribution in [0.1, 0.15) is 32.6 Å². The van der Waals surface area contributed by atoms with Crippen LogP contribution in [0.2, 0.25) is 0 Å². The Labute approximate surface area is 99.2 Å². The number of hydrogen-bond acceptors (Lipinski definition) is 3. The van der Waals surface area contributed by atoms with Crippen LogP contribution in [0.4, 0.5) is 0 Å². The van der Waals surface area contributed by atoms with Crippen molar-refractivity contribution < 1.29 is 8.42 Å². The summed E-state index contributed by atoms with van der Waals surface area (Å²) >= 11 is 0. The van der Waals surface area contributed by atoms with Gasteiger partial charge in [-0.1, -0.05) is 6.08 Å². The Hall–Kier alpha value is -0.350. The smallest absolute Gasteiger partial charge is 0.151 e. The fourth-order valence-electron chi connectivity index (χ4n) is 1.66. The lowest BCUT2D eigenvalue weighted by Gasteiger charge is -2.12. The largest absolute Gasteiger partial charge is 0.313 e. The standard InChI is InChI=1S/C12H23NO2S/c1-3-4-5-11(2)13-8-9-16(14,15)10-12-6-7-12/h3,11-13H,1,4-10H2,2H3. The van der Waals surface area contributed by atoms with Crippen LogP contribution >= 0.6 is 0 Å². The molecule has 0 aromatic carbocycles. The van der Waals surface area contributed by atoms with Crippen LogP contribution < -0.4 is 5.32 Å². The van der Waals surface area contributed by atoms with Crippen molar-refractivity contribution in [2.24, 2.45) is 5.92 Å². The Kier molecular flexibility index (Phi) is 5.49. The van der Waals surface area contributed by atoms with Crippen molar-refractivity contribution in [2.45, 2.75) is 38.6 Å². The summed E-state index contributed by atoms with van der Waals surface area (Å²) in [5.41, 5.74) is 0. The molecule has 94 valence electrons. The van der Waals surface area contributed by atoms with Gasteiger partial charge in [-0.25, -0.2) is 8.42 Å². The maximum absolute atomic E-state index is 11.6. The molecule has 0 bridgehead atoms. The van der Waals surface area contributed by atoms with Gasteiger partial charge in [0.05, 0.1) is 11.5 Å². The molecule has 0 radical (unpaired) electrons. The molecule has 1 aliphatic carbocycles. The Balaban J connectivity index is 2.10.